The smallest absolute Gasteiger partial charge is 0.230 e. The fourth-order valence-electron chi connectivity index (χ4n) is 5.96. The molecule has 1 aromatic heterocycles. The average Bonchev–Trinajstić information content (AvgIpc) is 3.15. The highest BCUT2D eigenvalue weighted by molar-refractivity contribution is 5.89. The largest absolute Gasteiger partial charge is 0.393 e. The number of nitrogens with one attached hydrogen (secondary N) is 1. The molecule has 0 unspecified atom stereocenters. The van der Waals surface area contributed by atoms with Crippen LogP contribution in [0.2, 0.25) is 0 Å². The molecular formula is C27H34N4O3. The molecule has 0 radical (unpaired) electrons. The van der Waals surface area contributed by atoms with Gasteiger partial charge in [-0.15, -0.1) is 0 Å². The second-order valence-corrected chi connectivity index (χ2v) is 10.2. The molecule has 0 bridgehead atoms. The van der Waals surface area contributed by atoms with Crippen LogP contribution in [-0.2, 0) is 9.59 Å². The van der Waals surface area contributed by atoms with Crippen LogP contribution in [0.25, 0.3) is 11.1 Å². The summed E-state index contributed by atoms with van der Waals surface area (Å²) in [6.07, 6.45) is 8.00. The number of rotatable bonds is 4. The lowest BCUT2D eigenvalue weighted by atomic mass is 9.78. The highest BCUT2D eigenvalue weighted by Gasteiger charge is 2.50. The van der Waals surface area contributed by atoms with Crippen LogP contribution >= 0.6 is 0 Å². The van der Waals surface area contributed by atoms with Gasteiger partial charge in [0.05, 0.1) is 11.5 Å². The number of hydrogen-bond donors (Lipinski definition) is 2. The Kier molecular flexibility index (Phi) is 6.30. The van der Waals surface area contributed by atoms with Crippen LogP contribution in [0.1, 0.15) is 51.9 Å². The minimum absolute atomic E-state index is 0.0838. The Hall–Kier alpha value is -2.93. The van der Waals surface area contributed by atoms with E-state index in [4.69, 9.17) is 4.98 Å². The van der Waals surface area contributed by atoms with E-state index in [-0.39, 0.29) is 17.4 Å². The molecule has 34 heavy (non-hydrogen) atoms. The van der Waals surface area contributed by atoms with Crippen LogP contribution in [0.4, 0.5) is 11.5 Å². The Bertz CT molecular complexity index is 1030. The van der Waals surface area contributed by atoms with E-state index in [1.165, 1.54) is 6.92 Å². The highest BCUT2D eigenvalue weighted by Crippen LogP contribution is 2.43. The maximum Gasteiger partial charge on any atom is 0.230 e. The molecule has 1 spiro atoms. The van der Waals surface area contributed by atoms with E-state index in [1.807, 2.05) is 30.5 Å². The summed E-state index contributed by atoms with van der Waals surface area (Å²) in [4.78, 5) is 33.9. The monoisotopic (exact) mass is 462 g/mol. The number of likely N-dealkylation sites (tertiary alicyclic amines) is 1. The summed E-state index contributed by atoms with van der Waals surface area (Å²) in [6, 6.07) is 12.2. The molecule has 3 fully saturated rings. The lowest BCUT2D eigenvalue weighted by molar-refractivity contribution is -0.139. The molecule has 2 amide bonds. The van der Waals surface area contributed by atoms with Crippen molar-refractivity contribution in [3.05, 3.63) is 42.6 Å². The normalized spacial score (nSPS) is 27.3. The number of piperidine rings is 1. The van der Waals surface area contributed by atoms with Gasteiger partial charge in [-0.2, -0.15) is 0 Å². The van der Waals surface area contributed by atoms with Gasteiger partial charge in [0.1, 0.15) is 5.82 Å². The minimum Gasteiger partial charge on any atom is -0.393 e. The Morgan fingerprint density at radius 1 is 1.03 bits per heavy atom. The number of hydrogen-bond acceptors (Lipinski definition) is 5. The molecule has 3 aliphatic rings. The standard InChI is InChI=1S/C27H34N4O3/c1-19(32)29-22-6-3-20(4-7-22)21-5-12-25(28-17-21)30-15-2-13-27(18-30)14-16-31(26(27)34)23-8-10-24(33)11-9-23/h3-7,12,17,23-24,33H,2,8-11,13-16,18H2,1H3,(H,29,32)/t23?,24?,27-/m1/s1. The second-order valence-electron chi connectivity index (χ2n) is 10.2. The van der Waals surface area contributed by atoms with Gasteiger partial charge in [-0.1, -0.05) is 12.1 Å². The third-order valence-electron chi connectivity index (χ3n) is 7.84. The molecule has 1 aromatic carbocycles. The summed E-state index contributed by atoms with van der Waals surface area (Å²) in [5, 5.41) is 12.6. The maximum absolute atomic E-state index is 13.6. The van der Waals surface area contributed by atoms with Crippen molar-refractivity contribution < 1.29 is 14.7 Å². The van der Waals surface area contributed by atoms with E-state index in [2.05, 4.69) is 27.2 Å². The lowest BCUT2D eigenvalue weighted by Crippen LogP contribution is -2.50. The molecule has 1 aliphatic carbocycles. The fourth-order valence-corrected chi connectivity index (χ4v) is 5.96. The lowest BCUT2D eigenvalue weighted by Gasteiger charge is -2.41. The van der Waals surface area contributed by atoms with E-state index in [0.717, 1.165) is 87.2 Å². The zero-order chi connectivity index (χ0) is 23.7. The number of carbonyl (C=O) groups is 2. The van der Waals surface area contributed by atoms with Crippen molar-refractivity contribution in [3.8, 4) is 11.1 Å². The first-order chi connectivity index (χ1) is 16.4. The van der Waals surface area contributed by atoms with Gasteiger partial charge in [-0.05, 0) is 74.8 Å². The van der Waals surface area contributed by atoms with Crippen molar-refractivity contribution in [2.24, 2.45) is 5.41 Å². The predicted molar refractivity (Wildman–Crippen MR) is 132 cm³/mol. The number of anilines is 2. The molecule has 2 aliphatic heterocycles. The summed E-state index contributed by atoms with van der Waals surface area (Å²) in [5.74, 6) is 1.15. The zero-order valence-electron chi connectivity index (χ0n) is 19.9. The van der Waals surface area contributed by atoms with Gasteiger partial charge in [0.15, 0.2) is 0 Å². The molecular weight excluding hydrogens is 428 g/mol. The number of aliphatic hydroxyl groups excluding tert-OH is 1. The Morgan fingerprint density at radius 3 is 2.44 bits per heavy atom. The quantitative estimate of drug-likeness (QED) is 0.721. The molecule has 180 valence electrons. The summed E-state index contributed by atoms with van der Waals surface area (Å²) < 4.78 is 0. The minimum atomic E-state index is -0.297. The molecule has 2 saturated heterocycles. The molecule has 7 heteroatoms. The molecule has 2 N–H and O–H groups in total. The average molecular weight is 463 g/mol. The van der Waals surface area contributed by atoms with Gasteiger partial charge >= 0.3 is 0 Å². The van der Waals surface area contributed by atoms with Gasteiger partial charge in [0, 0.05) is 50.0 Å². The second kappa shape index (κ2) is 9.37. The van der Waals surface area contributed by atoms with Crippen molar-refractivity contribution in [2.45, 2.75) is 64.0 Å². The summed E-state index contributed by atoms with van der Waals surface area (Å²) in [7, 11) is 0. The molecule has 1 saturated carbocycles. The highest BCUT2D eigenvalue weighted by atomic mass is 16.3. The zero-order valence-corrected chi connectivity index (χ0v) is 19.9. The summed E-state index contributed by atoms with van der Waals surface area (Å²) in [6.45, 7) is 3.99. The van der Waals surface area contributed by atoms with Crippen LogP contribution in [0.15, 0.2) is 42.6 Å². The molecule has 7 nitrogen and oxygen atoms in total. The fraction of sp³-hybridized carbons (Fsp3) is 0.519. The first-order valence-electron chi connectivity index (χ1n) is 12.5. The molecule has 5 rings (SSSR count). The van der Waals surface area contributed by atoms with Crippen molar-refractivity contribution in [2.75, 3.05) is 29.9 Å². The molecule has 2 aromatic rings. The number of pyridine rings is 1. The van der Waals surface area contributed by atoms with Gasteiger partial charge in [-0.3, -0.25) is 9.59 Å². The summed E-state index contributed by atoms with van der Waals surface area (Å²) in [5.41, 5.74) is 2.54. The first kappa shape index (κ1) is 22.8. The number of aromatic nitrogens is 1. The first-order valence-corrected chi connectivity index (χ1v) is 12.5. The Morgan fingerprint density at radius 2 is 1.76 bits per heavy atom. The van der Waals surface area contributed by atoms with E-state index < -0.39 is 0 Å². The Labute approximate surface area is 201 Å². The third-order valence-corrected chi connectivity index (χ3v) is 7.84. The van der Waals surface area contributed by atoms with E-state index in [1.54, 1.807) is 0 Å². The van der Waals surface area contributed by atoms with Crippen LogP contribution in [0, 0.1) is 5.41 Å². The van der Waals surface area contributed by atoms with Crippen molar-refractivity contribution >= 4 is 23.3 Å². The topological polar surface area (TPSA) is 85.8 Å². The molecule has 3 heterocycles. The van der Waals surface area contributed by atoms with Crippen LogP contribution in [-0.4, -0.2) is 58.6 Å². The van der Waals surface area contributed by atoms with Crippen molar-refractivity contribution in [3.63, 3.8) is 0 Å². The number of benzene rings is 1. The van der Waals surface area contributed by atoms with Crippen LogP contribution < -0.4 is 10.2 Å². The van der Waals surface area contributed by atoms with Crippen LogP contribution in [0.5, 0.6) is 0 Å². The number of amides is 2. The van der Waals surface area contributed by atoms with Crippen molar-refractivity contribution in [1.29, 1.82) is 0 Å². The van der Waals surface area contributed by atoms with Crippen molar-refractivity contribution in [1.82, 2.24) is 9.88 Å². The SMILES string of the molecule is CC(=O)Nc1ccc(-c2ccc(N3CCC[C@@]4(CCN(C5CCC(O)CC5)C4=O)C3)nc2)cc1. The van der Waals surface area contributed by atoms with E-state index in [0.29, 0.717) is 11.9 Å². The van der Waals surface area contributed by atoms with Gasteiger partial charge in [0.25, 0.3) is 0 Å². The van der Waals surface area contributed by atoms with Crippen LogP contribution in [0.3, 0.4) is 0 Å². The third kappa shape index (κ3) is 4.53. The maximum atomic E-state index is 13.6. The number of aliphatic hydroxyl groups is 1. The van der Waals surface area contributed by atoms with E-state index >= 15 is 0 Å². The summed E-state index contributed by atoms with van der Waals surface area (Å²) >= 11 is 0. The molecule has 1 atom stereocenters. The number of nitrogens with zero attached hydrogens (tertiary/aromatic N) is 3. The van der Waals surface area contributed by atoms with Gasteiger partial charge < -0.3 is 20.2 Å². The number of carbonyl (C=O) groups excluding carboxylic acids is 2. The Balaban J connectivity index is 1.26. The van der Waals surface area contributed by atoms with Gasteiger partial charge in [0.2, 0.25) is 11.8 Å². The van der Waals surface area contributed by atoms with Gasteiger partial charge in [-0.25, -0.2) is 4.98 Å². The predicted octanol–water partition coefficient (Wildman–Crippen LogP) is 3.83. The van der Waals surface area contributed by atoms with E-state index in [9.17, 15) is 14.7 Å².